The fraction of sp³-hybridized carbons (Fsp3) is 0.292. The zero-order valence-electron chi connectivity index (χ0n) is 17.4. The van der Waals surface area contributed by atoms with E-state index in [1.165, 1.54) is 6.07 Å². The van der Waals surface area contributed by atoms with Gasteiger partial charge in [-0.05, 0) is 62.1 Å². The minimum atomic E-state index is -4.40. The second-order valence-corrected chi connectivity index (χ2v) is 8.74. The predicted octanol–water partition coefficient (Wildman–Crippen LogP) is 6.63. The van der Waals surface area contributed by atoms with Crippen LogP contribution < -0.4 is 4.74 Å². The lowest BCUT2D eigenvalue weighted by molar-refractivity contribution is -0.137. The van der Waals surface area contributed by atoms with Gasteiger partial charge in [0.2, 0.25) is 5.88 Å². The second kappa shape index (κ2) is 8.67. The zero-order valence-corrected chi connectivity index (χ0v) is 18.2. The van der Waals surface area contributed by atoms with Crippen LogP contribution in [0.25, 0.3) is 33.7 Å². The number of aromatic nitrogens is 4. The van der Waals surface area contributed by atoms with Gasteiger partial charge in [-0.15, -0.1) is 11.6 Å². The lowest BCUT2D eigenvalue weighted by atomic mass is 9.97. The number of hydrogen-bond donors (Lipinski definition) is 1. The van der Waals surface area contributed by atoms with Gasteiger partial charge in [0, 0.05) is 35.0 Å². The number of nitrogens with zero attached hydrogens (tertiary/aromatic N) is 3. The third kappa shape index (κ3) is 4.80. The molecule has 1 saturated carbocycles. The molecule has 5 rings (SSSR count). The molecule has 4 aromatic rings. The third-order valence-electron chi connectivity index (χ3n) is 5.77. The number of imidazole rings is 1. The number of rotatable bonds is 4. The van der Waals surface area contributed by atoms with Crippen molar-refractivity contribution in [2.75, 3.05) is 0 Å². The molecule has 1 N–H and O–H groups in total. The van der Waals surface area contributed by atoms with Crippen LogP contribution in [0.2, 0.25) is 0 Å². The molecule has 0 aliphatic heterocycles. The van der Waals surface area contributed by atoms with Crippen molar-refractivity contribution >= 4 is 22.6 Å². The number of pyridine rings is 2. The fourth-order valence-electron chi connectivity index (χ4n) is 3.94. The normalized spacial score (nSPS) is 19.0. The summed E-state index contributed by atoms with van der Waals surface area (Å²) in [6, 6.07) is 10.8. The molecule has 0 bridgehead atoms. The Morgan fingerprint density at radius 1 is 0.909 bits per heavy atom. The maximum absolute atomic E-state index is 12.9. The minimum absolute atomic E-state index is 0.145. The molecule has 0 saturated heterocycles. The lowest BCUT2D eigenvalue weighted by Crippen LogP contribution is -2.24. The number of hydrogen-bond acceptors (Lipinski definition) is 4. The Bertz CT molecular complexity index is 1250. The van der Waals surface area contributed by atoms with Crippen LogP contribution >= 0.6 is 11.6 Å². The summed E-state index contributed by atoms with van der Waals surface area (Å²) in [5.74, 6) is 1.03. The molecule has 9 heteroatoms. The number of halogens is 4. The Morgan fingerprint density at radius 3 is 2.33 bits per heavy atom. The summed E-state index contributed by atoms with van der Waals surface area (Å²) in [4.78, 5) is 16.2. The molecule has 33 heavy (non-hydrogen) atoms. The van der Waals surface area contributed by atoms with Gasteiger partial charge in [0.15, 0.2) is 0 Å². The van der Waals surface area contributed by atoms with Gasteiger partial charge in [-0.3, -0.25) is 4.98 Å². The summed E-state index contributed by atoms with van der Waals surface area (Å²) in [7, 11) is 0. The zero-order chi connectivity index (χ0) is 23.0. The number of fused-ring (bicyclic) bond motifs is 1. The van der Waals surface area contributed by atoms with Gasteiger partial charge in [-0.25, -0.2) is 9.97 Å². The lowest BCUT2D eigenvalue weighted by Gasteiger charge is -2.25. The van der Waals surface area contributed by atoms with E-state index in [1.54, 1.807) is 12.4 Å². The van der Waals surface area contributed by atoms with Crippen molar-refractivity contribution in [3.05, 3.63) is 60.4 Å². The Hall–Kier alpha value is -3.13. The molecule has 170 valence electrons. The maximum atomic E-state index is 12.9. The largest absolute Gasteiger partial charge is 0.474 e. The molecular weight excluding hydrogens is 453 g/mol. The van der Waals surface area contributed by atoms with Crippen LogP contribution in [-0.4, -0.2) is 31.4 Å². The van der Waals surface area contributed by atoms with Gasteiger partial charge >= 0.3 is 6.18 Å². The first kappa shape index (κ1) is 21.7. The first-order valence-electron chi connectivity index (χ1n) is 10.7. The van der Waals surface area contributed by atoms with E-state index in [2.05, 4.69) is 19.9 Å². The molecule has 3 aromatic heterocycles. The Morgan fingerprint density at radius 2 is 1.67 bits per heavy atom. The molecule has 1 aromatic carbocycles. The van der Waals surface area contributed by atoms with Gasteiger partial charge < -0.3 is 9.72 Å². The number of nitrogens with one attached hydrogen (secondary N) is 1. The van der Waals surface area contributed by atoms with E-state index in [4.69, 9.17) is 16.3 Å². The molecule has 0 radical (unpaired) electrons. The van der Waals surface area contributed by atoms with E-state index in [0.29, 0.717) is 28.3 Å². The summed E-state index contributed by atoms with van der Waals surface area (Å²) in [6.07, 6.45) is 2.86. The van der Waals surface area contributed by atoms with Crippen LogP contribution in [0.5, 0.6) is 5.88 Å². The monoisotopic (exact) mass is 472 g/mol. The smallest absolute Gasteiger partial charge is 0.416 e. The van der Waals surface area contributed by atoms with E-state index in [0.717, 1.165) is 49.1 Å². The van der Waals surface area contributed by atoms with Crippen LogP contribution in [0.15, 0.2) is 54.9 Å². The molecule has 3 heterocycles. The number of alkyl halides is 4. The standard InChI is InChI=1S/C24H20ClF3N4O/c25-17-4-6-18(7-5-17)33-22-10-2-14(12-30-22)19-8-1-15(13-29-19)23-31-20-9-3-16(24(26,27)28)11-21(20)32-23/h1-3,8-13,17-18H,4-7H2,(H,31,32). The number of ether oxygens (including phenoxy) is 1. The quantitative estimate of drug-likeness (QED) is 0.338. The van der Waals surface area contributed by atoms with Crippen molar-refractivity contribution in [1.82, 2.24) is 19.9 Å². The molecule has 0 amide bonds. The molecular formula is C24H20ClF3N4O. The summed E-state index contributed by atoms with van der Waals surface area (Å²) in [5.41, 5.74) is 2.29. The molecule has 0 unspecified atom stereocenters. The van der Waals surface area contributed by atoms with Gasteiger partial charge in [0.05, 0.1) is 22.3 Å². The third-order valence-corrected chi connectivity index (χ3v) is 6.21. The predicted molar refractivity (Wildman–Crippen MR) is 120 cm³/mol. The first-order chi connectivity index (χ1) is 15.8. The van der Waals surface area contributed by atoms with Crippen molar-refractivity contribution in [3.63, 3.8) is 0 Å². The molecule has 5 nitrogen and oxygen atoms in total. The summed E-state index contributed by atoms with van der Waals surface area (Å²) >= 11 is 6.14. The van der Waals surface area contributed by atoms with E-state index in [9.17, 15) is 13.2 Å². The van der Waals surface area contributed by atoms with Crippen molar-refractivity contribution in [3.8, 4) is 28.5 Å². The highest BCUT2D eigenvalue weighted by molar-refractivity contribution is 6.20. The SMILES string of the molecule is FC(F)(F)c1ccc2nc(-c3ccc(-c4ccc(OC5CCC(Cl)CC5)nc4)nc3)[nH]c2c1. The van der Waals surface area contributed by atoms with E-state index >= 15 is 0 Å². The maximum Gasteiger partial charge on any atom is 0.416 e. The van der Waals surface area contributed by atoms with Crippen LogP contribution in [0.4, 0.5) is 13.2 Å². The van der Waals surface area contributed by atoms with Gasteiger partial charge in [0.25, 0.3) is 0 Å². The van der Waals surface area contributed by atoms with Gasteiger partial charge in [0.1, 0.15) is 11.9 Å². The van der Waals surface area contributed by atoms with E-state index in [1.807, 2.05) is 24.3 Å². The number of aromatic amines is 1. The molecule has 1 fully saturated rings. The van der Waals surface area contributed by atoms with E-state index < -0.39 is 11.7 Å². The van der Waals surface area contributed by atoms with Crippen molar-refractivity contribution in [2.45, 2.75) is 43.3 Å². The summed E-state index contributed by atoms with van der Waals surface area (Å²) < 4.78 is 44.8. The van der Waals surface area contributed by atoms with Gasteiger partial charge in [-0.2, -0.15) is 13.2 Å². The minimum Gasteiger partial charge on any atom is -0.474 e. The number of benzene rings is 1. The van der Waals surface area contributed by atoms with Crippen LogP contribution in [-0.2, 0) is 6.18 Å². The Balaban J connectivity index is 1.30. The Labute approximate surface area is 193 Å². The molecule has 1 aliphatic rings. The average molecular weight is 473 g/mol. The summed E-state index contributed by atoms with van der Waals surface area (Å²) in [5, 5.41) is 0.242. The molecule has 0 spiro atoms. The highest BCUT2D eigenvalue weighted by Gasteiger charge is 2.30. The molecule has 1 aliphatic carbocycles. The van der Waals surface area contributed by atoms with Crippen molar-refractivity contribution in [2.24, 2.45) is 0 Å². The van der Waals surface area contributed by atoms with Crippen LogP contribution in [0, 0.1) is 0 Å². The second-order valence-electron chi connectivity index (χ2n) is 8.12. The summed E-state index contributed by atoms with van der Waals surface area (Å²) in [6.45, 7) is 0. The van der Waals surface area contributed by atoms with Crippen molar-refractivity contribution < 1.29 is 17.9 Å². The first-order valence-corrected chi connectivity index (χ1v) is 11.1. The highest BCUT2D eigenvalue weighted by Crippen LogP contribution is 2.32. The Kier molecular flexibility index (Phi) is 5.70. The van der Waals surface area contributed by atoms with Crippen LogP contribution in [0.3, 0.4) is 0 Å². The van der Waals surface area contributed by atoms with Crippen molar-refractivity contribution in [1.29, 1.82) is 0 Å². The topological polar surface area (TPSA) is 63.7 Å². The molecule has 0 atom stereocenters. The van der Waals surface area contributed by atoms with E-state index in [-0.39, 0.29) is 11.5 Å². The number of H-pyrrole nitrogens is 1. The highest BCUT2D eigenvalue weighted by atomic mass is 35.5. The van der Waals surface area contributed by atoms with Gasteiger partial charge in [-0.1, -0.05) is 0 Å². The fourth-order valence-corrected chi connectivity index (χ4v) is 4.19. The van der Waals surface area contributed by atoms with Crippen LogP contribution in [0.1, 0.15) is 31.2 Å². The average Bonchev–Trinajstić information content (AvgIpc) is 3.24.